The van der Waals surface area contributed by atoms with E-state index in [1.807, 2.05) is 48.5 Å². The highest BCUT2D eigenvalue weighted by atomic mass is 35.5. The van der Waals surface area contributed by atoms with Crippen molar-refractivity contribution in [1.82, 2.24) is 0 Å². The monoisotopic (exact) mass is 385 g/mol. The van der Waals surface area contributed by atoms with Gasteiger partial charge >= 0.3 is 0 Å². The summed E-state index contributed by atoms with van der Waals surface area (Å²) in [6.07, 6.45) is 0.571. The van der Waals surface area contributed by atoms with Crippen molar-refractivity contribution in [3.63, 3.8) is 0 Å². The third-order valence-electron chi connectivity index (χ3n) is 3.75. The molecule has 2 aromatic carbocycles. The molecule has 0 aromatic heterocycles. The zero-order valence-electron chi connectivity index (χ0n) is 14.1. The number of carbonyl (C=O) groups excluding carboxylic acids is 1. The molecule has 0 aliphatic heterocycles. The van der Waals surface area contributed by atoms with Gasteiger partial charge in [0.1, 0.15) is 5.75 Å². The van der Waals surface area contributed by atoms with Crippen molar-refractivity contribution >= 4 is 36.4 Å². The summed E-state index contributed by atoms with van der Waals surface area (Å²) >= 11 is 0. The Kier molecular flexibility index (Phi) is 10.7. The van der Waals surface area contributed by atoms with Crippen molar-refractivity contribution in [2.24, 2.45) is 17.4 Å². The van der Waals surface area contributed by atoms with Crippen LogP contribution in [0.2, 0.25) is 0 Å². The zero-order chi connectivity index (χ0) is 16.7. The number of rotatable bonds is 8. The summed E-state index contributed by atoms with van der Waals surface area (Å²) in [6.45, 7) is 0.981. The van der Waals surface area contributed by atoms with Gasteiger partial charge in [-0.05, 0) is 41.8 Å². The maximum Gasteiger partial charge on any atom is 0.222 e. The average Bonchev–Trinajstić information content (AvgIpc) is 2.58. The Morgan fingerprint density at radius 2 is 1.80 bits per heavy atom. The Labute approximate surface area is 160 Å². The molecule has 5 N–H and O–H groups in total. The quantitative estimate of drug-likeness (QED) is 0.651. The Balaban J connectivity index is 0.00000288. The predicted octanol–water partition coefficient (Wildman–Crippen LogP) is 2.75. The molecule has 0 aliphatic rings. The van der Waals surface area contributed by atoms with Crippen LogP contribution < -0.4 is 21.5 Å². The summed E-state index contributed by atoms with van der Waals surface area (Å²) < 4.78 is 5.21. The number of ether oxygens (including phenoxy) is 1. The van der Waals surface area contributed by atoms with Crippen LogP contribution in [0.25, 0.3) is 0 Å². The smallest absolute Gasteiger partial charge is 0.222 e. The number of nitrogens with two attached hydrogens (primary N) is 2. The molecule has 1 unspecified atom stereocenters. The minimum absolute atomic E-state index is 0. The van der Waals surface area contributed by atoms with Gasteiger partial charge < -0.3 is 21.5 Å². The number of methoxy groups -OCH3 is 1. The van der Waals surface area contributed by atoms with E-state index < -0.39 is 0 Å². The molecule has 0 fully saturated rings. The number of nitrogens with one attached hydrogen (secondary N) is 1. The normalized spacial score (nSPS) is 10.8. The van der Waals surface area contributed by atoms with Crippen LogP contribution in [0.5, 0.6) is 5.75 Å². The predicted molar refractivity (Wildman–Crippen MR) is 107 cm³/mol. The Morgan fingerprint density at radius 1 is 1.12 bits per heavy atom. The molecule has 7 heteroatoms. The van der Waals surface area contributed by atoms with E-state index in [9.17, 15) is 4.79 Å². The van der Waals surface area contributed by atoms with Crippen LogP contribution in [-0.4, -0.2) is 19.6 Å². The van der Waals surface area contributed by atoms with E-state index >= 15 is 0 Å². The minimum Gasteiger partial charge on any atom is -0.497 e. The summed E-state index contributed by atoms with van der Waals surface area (Å²) in [4.78, 5) is 11.2. The summed E-state index contributed by atoms with van der Waals surface area (Å²) in [5.41, 5.74) is 14.1. The van der Waals surface area contributed by atoms with E-state index in [1.165, 1.54) is 0 Å². The SMILES string of the molecule is COc1cccc(CNc2ccc(CC(CN)C(N)=O)cc2)c1.Cl.Cl. The van der Waals surface area contributed by atoms with Gasteiger partial charge in [0, 0.05) is 18.8 Å². The number of hydrogen-bond donors (Lipinski definition) is 3. The molecule has 1 atom stereocenters. The second kappa shape index (κ2) is 11.6. The summed E-state index contributed by atoms with van der Waals surface area (Å²) in [7, 11) is 1.66. The van der Waals surface area contributed by atoms with Crippen molar-refractivity contribution < 1.29 is 9.53 Å². The molecule has 138 valence electrons. The standard InChI is InChI=1S/C18H23N3O2.2ClH/c1-23-17-4-2-3-14(10-17)12-21-16-7-5-13(6-8-16)9-15(11-19)18(20)22;;/h2-8,10,15,21H,9,11-12,19H2,1H3,(H2,20,22);2*1H. The van der Waals surface area contributed by atoms with Gasteiger partial charge in [0.2, 0.25) is 5.91 Å². The highest BCUT2D eigenvalue weighted by molar-refractivity contribution is 5.85. The molecular weight excluding hydrogens is 361 g/mol. The van der Waals surface area contributed by atoms with Crippen molar-refractivity contribution in [2.45, 2.75) is 13.0 Å². The topological polar surface area (TPSA) is 90.4 Å². The maximum absolute atomic E-state index is 11.2. The third kappa shape index (κ3) is 7.22. The fraction of sp³-hybridized carbons (Fsp3) is 0.278. The van der Waals surface area contributed by atoms with E-state index in [1.54, 1.807) is 7.11 Å². The van der Waals surface area contributed by atoms with Crippen molar-refractivity contribution in [2.75, 3.05) is 19.0 Å². The molecule has 2 aromatic rings. The molecule has 0 spiro atoms. The van der Waals surface area contributed by atoms with Gasteiger partial charge in [-0.3, -0.25) is 4.79 Å². The fourth-order valence-corrected chi connectivity index (χ4v) is 2.33. The highest BCUT2D eigenvalue weighted by Gasteiger charge is 2.13. The Bertz CT molecular complexity index is 651. The molecule has 0 saturated heterocycles. The summed E-state index contributed by atoms with van der Waals surface area (Å²) in [5, 5.41) is 3.36. The molecule has 0 heterocycles. The van der Waals surface area contributed by atoms with Gasteiger partial charge in [0.05, 0.1) is 13.0 Å². The molecule has 0 radical (unpaired) electrons. The molecule has 5 nitrogen and oxygen atoms in total. The van der Waals surface area contributed by atoms with Crippen LogP contribution in [0.15, 0.2) is 48.5 Å². The summed E-state index contributed by atoms with van der Waals surface area (Å²) in [5.74, 6) is 0.178. The van der Waals surface area contributed by atoms with Gasteiger partial charge in [0.25, 0.3) is 0 Å². The van der Waals surface area contributed by atoms with Crippen LogP contribution in [-0.2, 0) is 17.8 Å². The lowest BCUT2D eigenvalue weighted by atomic mass is 9.99. The van der Waals surface area contributed by atoms with Crippen LogP contribution in [0.3, 0.4) is 0 Å². The van der Waals surface area contributed by atoms with Crippen LogP contribution >= 0.6 is 24.8 Å². The number of primary amides is 1. The van der Waals surface area contributed by atoms with Gasteiger partial charge in [-0.15, -0.1) is 24.8 Å². The first kappa shape index (κ1) is 23.1. The average molecular weight is 386 g/mol. The first-order chi connectivity index (χ1) is 11.1. The molecule has 1 amide bonds. The van der Waals surface area contributed by atoms with E-state index in [2.05, 4.69) is 5.32 Å². The van der Waals surface area contributed by atoms with E-state index in [0.717, 1.165) is 22.6 Å². The lowest BCUT2D eigenvalue weighted by molar-refractivity contribution is -0.121. The van der Waals surface area contributed by atoms with Gasteiger partial charge in [-0.2, -0.15) is 0 Å². The van der Waals surface area contributed by atoms with Crippen LogP contribution in [0.4, 0.5) is 5.69 Å². The van der Waals surface area contributed by atoms with E-state index in [-0.39, 0.29) is 43.2 Å². The van der Waals surface area contributed by atoms with Crippen LogP contribution in [0.1, 0.15) is 11.1 Å². The first-order valence-corrected chi connectivity index (χ1v) is 7.57. The molecule has 0 saturated carbocycles. The van der Waals surface area contributed by atoms with Crippen molar-refractivity contribution in [3.05, 3.63) is 59.7 Å². The minimum atomic E-state index is -0.354. The number of carbonyl (C=O) groups is 1. The van der Waals surface area contributed by atoms with Gasteiger partial charge in [-0.1, -0.05) is 24.3 Å². The molecular formula is C18H25Cl2N3O2. The number of benzene rings is 2. The Morgan fingerprint density at radius 3 is 2.36 bits per heavy atom. The van der Waals surface area contributed by atoms with Crippen molar-refractivity contribution in [3.8, 4) is 5.75 Å². The number of anilines is 1. The largest absolute Gasteiger partial charge is 0.497 e. The van der Waals surface area contributed by atoms with Crippen LogP contribution in [0, 0.1) is 5.92 Å². The lowest BCUT2D eigenvalue weighted by Crippen LogP contribution is -2.31. The molecule has 0 bridgehead atoms. The third-order valence-corrected chi connectivity index (χ3v) is 3.75. The molecule has 25 heavy (non-hydrogen) atoms. The second-order valence-electron chi connectivity index (χ2n) is 5.44. The summed E-state index contributed by atoms with van der Waals surface area (Å²) in [6, 6.07) is 15.9. The Hall–Kier alpha value is -1.95. The van der Waals surface area contributed by atoms with Crippen molar-refractivity contribution in [1.29, 1.82) is 0 Å². The molecule has 0 aliphatic carbocycles. The highest BCUT2D eigenvalue weighted by Crippen LogP contribution is 2.16. The zero-order valence-corrected chi connectivity index (χ0v) is 15.7. The number of halogens is 2. The molecule has 2 rings (SSSR count). The number of hydrogen-bond acceptors (Lipinski definition) is 4. The van der Waals surface area contributed by atoms with E-state index in [4.69, 9.17) is 16.2 Å². The van der Waals surface area contributed by atoms with Gasteiger partial charge in [-0.25, -0.2) is 0 Å². The number of amides is 1. The van der Waals surface area contributed by atoms with E-state index in [0.29, 0.717) is 13.0 Å². The second-order valence-corrected chi connectivity index (χ2v) is 5.44. The lowest BCUT2D eigenvalue weighted by Gasteiger charge is -2.12. The fourth-order valence-electron chi connectivity index (χ4n) is 2.33. The first-order valence-electron chi connectivity index (χ1n) is 7.57. The maximum atomic E-state index is 11.2. The van der Waals surface area contributed by atoms with Gasteiger partial charge in [0.15, 0.2) is 0 Å².